The second-order valence-electron chi connectivity index (χ2n) is 1.60. The number of nitrogens with zero attached hydrogens (tertiary/aromatic N) is 1. The van der Waals surface area contributed by atoms with Crippen LogP contribution in [0.15, 0.2) is 16.7 Å². The van der Waals surface area contributed by atoms with Gasteiger partial charge in [-0.1, -0.05) is 0 Å². The second-order valence-corrected chi connectivity index (χ2v) is 2.41. The van der Waals surface area contributed by atoms with Gasteiger partial charge in [0.25, 0.3) is 6.43 Å². The van der Waals surface area contributed by atoms with Gasteiger partial charge in [0.1, 0.15) is 10.3 Å². The Labute approximate surface area is 65.2 Å². The molecular weight excluding hydrogens is 204 g/mol. The Bertz CT molecular complexity index is 227. The van der Waals surface area contributed by atoms with E-state index in [4.69, 9.17) is 0 Å². The molecule has 0 aliphatic heterocycles. The molecule has 0 aromatic carbocycles. The van der Waals surface area contributed by atoms with Gasteiger partial charge in [-0.15, -0.1) is 0 Å². The van der Waals surface area contributed by atoms with Crippen molar-refractivity contribution >= 4 is 15.9 Å². The molecule has 1 aromatic rings. The molecule has 10 heavy (non-hydrogen) atoms. The van der Waals surface area contributed by atoms with Crippen molar-refractivity contribution in [3.05, 3.63) is 28.5 Å². The van der Waals surface area contributed by atoms with Crippen LogP contribution in [-0.4, -0.2) is 4.98 Å². The molecule has 0 aliphatic rings. The Kier molecular flexibility index (Phi) is 2.32. The van der Waals surface area contributed by atoms with Crippen molar-refractivity contribution in [2.75, 3.05) is 0 Å². The maximum Gasteiger partial charge on any atom is 0.281 e. The summed E-state index contributed by atoms with van der Waals surface area (Å²) in [4.78, 5) is 3.48. The van der Waals surface area contributed by atoms with Gasteiger partial charge in [0, 0.05) is 6.07 Å². The fourth-order valence-corrected chi connectivity index (χ4v) is 0.815. The summed E-state index contributed by atoms with van der Waals surface area (Å²) in [5.74, 6) is 0. The molecule has 0 atom stereocenters. The second kappa shape index (κ2) is 3.05. The predicted octanol–water partition coefficient (Wildman–Crippen LogP) is 2.58. The highest BCUT2D eigenvalue weighted by Crippen LogP contribution is 2.17. The van der Waals surface area contributed by atoms with E-state index in [9.17, 15) is 8.78 Å². The summed E-state index contributed by atoms with van der Waals surface area (Å²) in [6.45, 7) is 0. The number of pyridine rings is 1. The van der Waals surface area contributed by atoms with Crippen LogP contribution in [0.5, 0.6) is 0 Å². The Balaban J connectivity index is 2.96. The molecule has 0 bridgehead atoms. The fraction of sp³-hybridized carbons (Fsp3) is 0.167. The largest absolute Gasteiger partial charge is 0.281 e. The van der Waals surface area contributed by atoms with E-state index in [1.807, 2.05) is 0 Å². The van der Waals surface area contributed by atoms with E-state index < -0.39 is 6.43 Å². The quantitative estimate of drug-likeness (QED) is 0.645. The molecule has 53 valence electrons. The lowest BCUT2D eigenvalue weighted by atomic mass is 10.4. The molecule has 1 rings (SSSR count). The maximum absolute atomic E-state index is 11.8. The van der Waals surface area contributed by atoms with Gasteiger partial charge >= 0.3 is 0 Å². The van der Waals surface area contributed by atoms with E-state index in [0.717, 1.165) is 0 Å². The number of hydrogen-bond acceptors (Lipinski definition) is 1. The van der Waals surface area contributed by atoms with Crippen molar-refractivity contribution in [3.63, 3.8) is 0 Å². The maximum atomic E-state index is 11.8. The minimum atomic E-state index is -2.54. The van der Waals surface area contributed by atoms with E-state index >= 15 is 0 Å². The highest BCUT2D eigenvalue weighted by atomic mass is 79.9. The van der Waals surface area contributed by atoms with Gasteiger partial charge in [-0.25, -0.2) is 13.8 Å². The lowest BCUT2D eigenvalue weighted by Gasteiger charge is -1.95. The summed E-state index contributed by atoms with van der Waals surface area (Å²) in [5, 5.41) is 0. The van der Waals surface area contributed by atoms with Gasteiger partial charge in [0.2, 0.25) is 0 Å². The Hall–Kier alpha value is -0.510. The van der Waals surface area contributed by atoms with E-state index in [2.05, 4.69) is 27.0 Å². The van der Waals surface area contributed by atoms with Gasteiger partial charge in [0.05, 0.1) is 0 Å². The van der Waals surface area contributed by atoms with Gasteiger partial charge in [-0.05, 0) is 28.1 Å². The monoisotopic (exact) mass is 206 g/mol. The number of hydrogen-bond donors (Lipinski definition) is 0. The van der Waals surface area contributed by atoms with E-state index in [-0.39, 0.29) is 5.69 Å². The van der Waals surface area contributed by atoms with Crippen molar-refractivity contribution < 1.29 is 8.78 Å². The number of rotatable bonds is 1. The van der Waals surface area contributed by atoms with Crippen molar-refractivity contribution in [1.82, 2.24) is 4.98 Å². The van der Waals surface area contributed by atoms with Gasteiger partial charge < -0.3 is 0 Å². The first kappa shape index (κ1) is 7.60. The molecule has 0 amide bonds. The highest BCUT2D eigenvalue weighted by Gasteiger charge is 2.07. The summed E-state index contributed by atoms with van der Waals surface area (Å²) < 4.78 is 24.1. The molecule has 1 heterocycles. The van der Waals surface area contributed by atoms with Crippen LogP contribution in [0.3, 0.4) is 0 Å². The third-order valence-electron chi connectivity index (χ3n) is 0.886. The minimum Gasteiger partial charge on any atom is -0.239 e. The standard InChI is InChI=1S/C6H3BrF2N/c7-5-3-1-2-4(10-5)6(8)9/h1,3,6H. The average molecular weight is 207 g/mol. The van der Waals surface area contributed by atoms with Crippen molar-refractivity contribution in [1.29, 1.82) is 0 Å². The third kappa shape index (κ3) is 1.73. The summed E-state index contributed by atoms with van der Waals surface area (Å²) in [7, 11) is 0. The fourth-order valence-electron chi connectivity index (χ4n) is 0.492. The van der Waals surface area contributed by atoms with Crippen LogP contribution in [0, 0.1) is 6.07 Å². The normalized spacial score (nSPS) is 10.4. The summed E-state index contributed by atoms with van der Waals surface area (Å²) >= 11 is 2.97. The molecule has 0 saturated carbocycles. The van der Waals surface area contributed by atoms with Gasteiger partial charge in [0.15, 0.2) is 0 Å². The average Bonchev–Trinajstić information content (AvgIpc) is 1.88. The first-order valence-electron chi connectivity index (χ1n) is 2.52. The molecule has 0 spiro atoms. The lowest BCUT2D eigenvalue weighted by Crippen LogP contribution is -1.88. The van der Waals surface area contributed by atoms with Crippen molar-refractivity contribution in [3.8, 4) is 0 Å². The molecule has 1 nitrogen and oxygen atoms in total. The molecule has 4 heteroatoms. The first-order valence-corrected chi connectivity index (χ1v) is 3.31. The lowest BCUT2D eigenvalue weighted by molar-refractivity contribution is 0.145. The Morgan fingerprint density at radius 2 is 2.30 bits per heavy atom. The van der Waals surface area contributed by atoms with Crippen LogP contribution in [-0.2, 0) is 0 Å². The van der Waals surface area contributed by atoms with Crippen molar-refractivity contribution in [2.24, 2.45) is 0 Å². The third-order valence-corrected chi connectivity index (χ3v) is 1.33. The highest BCUT2D eigenvalue weighted by molar-refractivity contribution is 9.10. The zero-order valence-electron chi connectivity index (χ0n) is 4.81. The summed E-state index contributed by atoms with van der Waals surface area (Å²) in [6, 6.07) is 5.27. The Morgan fingerprint density at radius 3 is 2.70 bits per heavy atom. The van der Waals surface area contributed by atoms with Gasteiger partial charge in [-0.2, -0.15) is 0 Å². The summed E-state index contributed by atoms with van der Waals surface area (Å²) in [6.07, 6.45) is -2.54. The zero-order chi connectivity index (χ0) is 7.56. The van der Waals surface area contributed by atoms with Crippen LogP contribution in [0.25, 0.3) is 0 Å². The molecule has 0 unspecified atom stereocenters. The zero-order valence-corrected chi connectivity index (χ0v) is 6.40. The Morgan fingerprint density at radius 1 is 1.60 bits per heavy atom. The molecular formula is C6H3BrF2N. The number of alkyl halides is 2. The smallest absolute Gasteiger partial charge is 0.239 e. The molecule has 1 aromatic heterocycles. The molecule has 0 saturated heterocycles. The van der Waals surface area contributed by atoms with E-state index in [0.29, 0.717) is 4.60 Å². The van der Waals surface area contributed by atoms with Crippen LogP contribution in [0.2, 0.25) is 0 Å². The van der Waals surface area contributed by atoms with Crippen LogP contribution < -0.4 is 0 Å². The molecule has 0 N–H and O–H groups in total. The SMILES string of the molecule is FC(F)c1[c]ccc(Br)n1. The number of aromatic nitrogens is 1. The number of halogens is 3. The van der Waals surface area contributed by atoms with Crippen LogP contribution in [0.1, 0.15) is 12.1 Å². The molecule has 0 fully saturated rings. The van der Waals surface area contributed by atoms with Crippen molar-refractivity contribution in [2.45, 2.75) is 6.43 Å². The van der Waals surface area contributed by atoms with Gasteiger partial charge in [-0.3, -0.25) is 0 Å². The predicted molar refractivity (Wildman–Crippen MR) is 35.7 cm³/mol. The van der Waals surface area contributed by atoms with E-state index in [1.165, 1.54) is 6.07 Å². The minimum absolute atomic E-state index is 0.325. The first-order chi connectivity index (χ1) is 4.70. The molecule has 0 aliphatic carbocycles. The van der Waals surface area contributed by atoms with Crippen LogP contribution >= 0.6 is 15.9 Å². The van der Waals surface area contributed by atoms with Crippen LogP contribution in [0.4, 0.5) is 8.78 Å². The molecule has 1 radical (unpaired) electrons. The summed E-state index contributed by atoms with van der Waals surface area (Å²) in [5.41, 5.74) is -0.325. The topological polar surface area (TPSA) is 12.9 Å². The van der Waals surface area contributed by atoms with E-state index in [1.54, 1.807) is 6.07 Å².